The zero-order valence-corrected chi connectivity index (χ0v) is 9.71. The van der Waals surface area contributed by atoms with Crippen LogP contribution in [-0.4, -0.2) is 24.9 Å². The minimum atomic E-state index is 0.0912. The third kappa shape index (κ3) is 3.44. The van der Waals surface area contributed by atoms with E-state index in [1.807, 2.05) is 6.07 Å². The zero-order valence-electron chi connectivity index (χ0n) is 8.96. The summed E-state index contributed by atoms with van der Waals surface area (Å²) in [4.78, 5) is 12.9. The van der Waals surface area contributed by atoms with Crippen LogP contribution in [0.3, 0.4) is 0 Å². The van der Waals surface area contributed by atoms with E-state index in [-0.39, 0.29) is 5.91 Å². The molecule has 0 bridgehead atoms. The molecule has 0 heterocycles. The van der Waals surface area contributed by atoms with Gasteiger partial charge in [0.2, 0.25) is 5.91 Å². The molecule has 0 spiro atoms. The van der Waals surface area contributed by atoms with Crippen molar-refractivity contribution in [3.05, 3.63) is 28.8 Å². The number of nitrogens with two attached hydrogens (primary N) is 1. The first kappa shape index (κ1) is 11.9. The maximum Gasteiger partial charge on any atom is 0.222 e. The number of hydrogen-bond donors (Lipinski definition) is 1. The summed E-state index contributed by atoms with van der Waals surface area (Å²) in [6.45, 7) is 0. The van der Waals surface area contributed by atoms with Gasteiger partial charge < -0.3 is 10.6 Å². The molecule has 82 valence electrons. The topological polar surface area (TPSA) is 46.3 Å². The van der Waals surface area contributed by atoms with Gasteiger partial charge in [-0.2, -0.15) is 0 Å². The Bertz CT molecular complexity index is 364. The molecule has 0 aliphatic heterocycles. The molecule has 0 radical (unpaired) electrons. The van der Waals surface area contributed by atoms with Crippen LogP contribution >= 0.6 is 11.6 Å². The number of aryl methyl sites for hydroxylation is 1. The quantitative estimate of drug-likeness (QED) is 0.801. The number of nitrogen functional groups attached to an aromatic ring is 1. The summed E-state index contributed by atoms with van der Waals surface area (Å²) in [5.74, 6) is 0.0912. The van der Waals surface area contributed by atoms with Crippen LogP contribution in [0.5, 0.6) is 0 Å². The first-order valence-electron chi connectivity index (χ1n) is 4.74. The standard InChI is InChI=1S/C11H15ClN2O/c1-14(2)11(15)6-3-8-7-9(13)4-5-10(8)12/h4-5,7H,3,6,13H2,1-2H3. The molecule has 1 aromatic rings. The van der Waals surface area contributed by atoms with E-state index in [0.717, 1.165) is 5.56 Å². The first-order chi connectivity index (χ1) is 7.00. The first-order valence-corrected chi connectivity index (χ1v) is 5.12. The second-order valence-electron chi connectivity index (χ2n) is 3.64. The normalized spacial score (nSPS) is 10.1. The van der Waals surface area contributed by atoms with Crippen molar-refractivity contribution in [3.63, 3.8) is 0 Å². The van der Waals surface area contributed by atoms with Crippen LogP contribution in [0.25, 0.3) is 0 Å². The third-order valence-electron chi connectivity index (χ3n) is 2.18. The van der Waals surface area contributed by atoms with Crippen molar-refractivity contribution in [3.8, 4) is 0 Å². The summed E-state index contributed by atoms with van der Waals surface area (Å²) in [5, 5.41) is 0.663. The molecule has 0 aliphatic rings. The van der Waals surface area contributed by atoms with Gasteiger partial charge in [-0.3, -0.25) is 4.79 Å². The SMILES string of the molecule is CN(C)C(=O)CCc1cc(N)ccc1Cl. The monoisotopic (exact) mass is 226 g/mol. The number of carbonyl (C=O) groups excluding carboxylic acids is 1. The van der Waals surface area contributed by atoms with E-state index in [1.54, 1.807) is 31.1 Å². The molecule has 0 fully saturated rings. The van der Waals surface area contributed by atoms with Gasteiger partial charge in [0.25, 0.3) is 0 Å². The highest BCUT2D eigenvalue weighted by molar-refractivity contribution is 6.31. The summed E-state index contributed by atoms with van der Waals surface area (Å²) < 4.78 is 0. The fraction of sp³-hybridized carbons (Fsp3) is 0.364. The Morgan fingerprint density at radius 3 is 2.73 bits per heavy atom. The molecule has 1 aromatic carbocycles. The van der Waals surface area contributed by atoms with Crippen LogP contribution in [0, 0.1) is 0 Å². The molecular weight excluding hydrogens is 212 g/mol. The summed E-state index contributed by atoms with van der Waals surface area (Å²) in [6.07, 6.45) is 1.08. The molecule has 0 aliphatic carbocycles. The van der Waals surface area contributed by atoms with Crippen molar-refractivity contribution in [2.75, 3.05) is 19.8 Å². The average Bonchev–Trinajstić information content (AvgIpc) is 2.18. The van der Waals surface area contributed by atoms with Gasteiger partial charge in [-0.05, 0) is 30.2 Å². The van der Waals surface area contributed by atoms with Gasteiger partial charge in [0.1, 0.15) is 0 Å². The van der Waals surface area contributed by atoms with E-state index < -0.39 is 0 Å². The van der Waals surface area contributed by atoms with Gasteiger partial charge in [0, 0.05) is 31.2 Å². The van der Waals surface area contributed by atoms with Crippen molar-refractivity contribution in [2.24, 2.45) is 0 Å². The molecule has 0 saturated carbocycles. The number of halogens is 1. The molecule has 3 nitrogen and oxygen atoms in total. The highest BCUT2D eigenvalue weighted by atomic mass is 35.5. The van der Waals surface area contributed by atoms with Gasteiger partial charge in [-0.1, -0.05) is 11.6 Å². The Hall–Kier alpha value is -1.22. The lowest BCUT2D eigenvalue weighted by Gasteiger charge is -2.10. The van der Waals surface area contributed by atoms with Crippen LogP contribution in [0.2, 0.25) is 5.02 Å². The average molecular weight is 227 g/mol. The Kier molecular flexibility index (Phi) is 3.97. The molecule has 15 heavy (non-hydrogen) atoms. The molecule has 4 heteroatoms. The molecule has 1 rings (SSSR count). The number of hydrogen-bond acceptors (Lipinski definition) is 2. The summed E-state index contributed by atoms with van der Waals surface area (Å²) in [7, 11) is 3.48. The minimum absolute atomic E-state index is 0.0912. The minimum Gasteiger partial charge on any atom is -0.399 e. The van der Waals surface area contributed by atoms with Crippen LogP contribution in [0.1, 0.15) is 12.0 Å². The zero-order chi connectivity index (χ0) is 11.4. The van der Waals surface area contributed by atoms with Crippen molar-refractivity contribution >= 4 is 23.2 Å². The number of anilines is 1. The predicted molar refractivity (Wildman–Crippen MR) is 62.9 cm³/mol. The predicted octanol–water partition coefficient (Wildman–Crippen LogP) is 1.94. The van der Waals surface area contributed by atoms with Crippen LogP contribution in [0.4, 0.5) is 5.69 Å². The van der Waals surface area contributed by atoms with Gasteiger partial charge in [0.15, 0.2) is 0 Å². The molecule has 0 unspecified atom stereocenters. The molecule has 0 saturated heterocycles. The lowest BCUT2D eigenvalue weighted by molar-refractivity contribution is -0.128. The van der Waals surface area contributed by atoms with Gasteiger partial charge >= 0.3 is 0 Å². The van der Waals surface area contributed by atoms with E-state index in [9.17, 15) is 4.79 Å². The lowest BCUT2D eigenvalue weighted by Crippen LogP contribution is -2.21. The second-order valence-corrected chi connectivity index (χ2v) is 4.05. The van der Waals surface area contributed by atoms with Gasteiger partial charge in [0.05, 0.1) is 0 Å². The van der Waals surface area contributed by atoms with Crippen molar-refractivity contribution in [2.45, 2.75) is 12.8 Å². The number of amides is 1. The molecule has 0 aromatic heterocycles. The largest absolute Gasteiger partial charge is 0.399 e. The maximum absolute atomic E-state index is 11.4. The van der Waals surface area contributed by atoms with E-state index in [4.69, 9.17) is 17.3 Å². The maximum atomic E-state index is 11.4. The Balaban J connectivity index is 2.65. The van der Waals surface area contributed by atoms with Gasteiger partial charge in [-0.15, -0.1) is 0 Å². The molecule has 1 amide bonds. The van der Waals surface area contributed by atoms with E-state index in [1.165, 1.54) is 0 Å². The molecular formula is C11H15ClN2O. The lowest BCUT2D eigenvalue weighted by atomic mass is 10.1. The summed E-state index contributed by atoms with van der Waals surface area (Å²) >= 11 is 5.98. The fourth-order valence-electron chi connectivity index (χ4n) is 1.25. The van der Waals surface area contributed by atoms with E-state index >= 15 is 0 Å². The summed E-state index contributed by atoms with van der Waals surface area (Å²) in [6, 6.07) is 5.32. The fourth-order valence-corrected chi connectivity index (χ4v) is 1.46. The highest BCUT2D eigenvalue weighted by Crippen LogP contribution is 2.20. The van der Waals surface area contributed by atoms with Crippen LogP contribution in [0.15, 0.2) is 18.2 Å². The Labute approximate surface area is 94.8 Å². The number of carbonyl (C=O) groups is 1. The third-order valence-corrected chi connectivity index (χ3v) is 2.55. The van der Waals surface area contributed by atoms with Crippen LogP contribution in [-0.2, 0) is 11.2 Å². The number of rotatable bonds is 3. The second kappa shape index (κ2) is 5.03. The van der Waals surface area contributed by atoms with Gasteiger partial charge in [-0.25, -0.2) is 0 Å². The van der Waals surface area contributed by atoms with Crippen molar-refractivity contribution < 1.29 is 4.79 Å². The summed E-state index contributed by atoms with van der Waals surface area (Å²) in [5.41, 5.74) is 7.24. The van der Waals surface area contributed by atoms with E-state index in [0.29, 0.717) is 23.6 Å². The Morgan fingerprint density at radius 2 is 2.13 bits per heavy atom. The van der Waals surface area contributed by atoms with E-state index in [2.05, 4.69) is 0 Å². The smallest absolute Gasteiger partial charge is 0.222 e. The Morgan fingerprint density at radius 1 is 1.47 bits per heavy atom. The molecule has 0 atom stereocenters. The van der Waals surface area contributed by atoms with Crippen molar-refractivity contribution in [1.29, 1.82) is 0 Å². The number of benzene rings is 1. The van der Waals surface area contributed by atoms with Crippen molar-refractivity contribution in [1.82, 2.24) is 4.90 Å². The molecule has 2 N–H and O–H groups in total. The van der Waals surface area contributed by atoms with Crippen LogP contribution < -0.4 is 5.73 Å². The number of nitrogens with zero attached hydrogens (tertiary/aromatic N) is 1. The highest BCUT2D eigenvalue weighted by Gasteiger charge is 2.06.